The number of phenols is 1. The van der Waals surface area contributed by atoms with Crippen LogP contribution in [0.2, 0.25) is 0 Å². The molecule has 0 bridgehead atoms. The molecule has 1 aromatic carbocycles. The van der Waals surface area contributed by atoms with E-state index >= 15 is 0 Å². The number of likely N-dealkylation sites (N-methyl/N-ethyl adjacent to an activating group) is 1. The summed E-state index contributed by atoms with van der Waals surface area (Å²) in [7, 11) is 3.00. The maximum atomic E-state index is 14.0. The van der Waals surface area contributed by atoms with Crippen molar-refractivity contribution in [2.75, 3.05) is 20.7 Å². The molecular formula is C26H28N2O9. The van der Waals surface area contributed by atoms with Gasteiger partial charge < -0.3 is 26.2 Å². The van der Waals surface area contributed by atoms with Gasteiger partial charge >= 0.3 is 0 Å². The number of aromatic hydroxyl groups is 1. The van der Waals surface area contributed by atoms with Gasteiger partial charge in [-0.2, -0.15) is 0 Å². The molecule has 0 radical (unpaired) electrons. The molecule has 0 heterocycles. The molecule has 37 heavy (non-hydrogen) atoms. The lowest BCUT2D eigenvalue weighted by atomic mass is 9.55. The van der Waals surface area contributed by atoms with Crippen LogP contribution >= 0.6 is 0 Å². The summed E-state index contributed by atoms with van der Waals surface area (Å²) in [5.41, 5.74) is 1.69. The first-order valence-corrected chi connectivity index (χ1v) is 11.9. The van der Waals surface area contributed by atoms with Crippen LogP contribution in [0.25, 0.3) is 11.3 Å². The monoisotopic (exact) mass is 512 g/mol. The van der Waals surface area contributed by atoms with Crippen molar-refractivity contribution in [1.82, 2.24) is 4.90 Å². The minimum absolute atomic E-state index is 0.0820. The number of benzene rings is 1. The Hall–Kier alpha value is -3.51. The van der Waals surface area contributed by atoms with E-state index in [0.29, 0.717) is 5.56 Å². The number of aliphatic hydroxyl groups excluding tert-OH is 2. The fourth-order valence-corrected chi connectivity index (χ4v) is 5.79. The number of aliphatic hydroxyl groups is 3. The molecule has 4 aliphatic carbocycles. The van der Waals surface area contributed by atoms with E-state index in [4.69, 9.17) is 15.5 Å². The second-order valence-electron chi connectivity index (χ2n) is 10.2. The number of rotatable bonds is 6. The lowest BCUT2D eigenvalue weighted by molar-refractivity contribution is -0.351. The van der Waals surface area contributed by atoms with E-state index in [-0.39, 0.29) is 29.4 Å². The second-order valence-corrected chi connectivity index (χ2v) is 10.2. The van der Waals surface area contributed by atoms with E-state index in [1.54, 1.807) is 12.1 Å². The Bertz CT molecular complexity index is 1310. The summed E-state index contributed by atoms with van der Waals surface area (Å²) in [5, 5.41) is 44.7. The molecule has 6 N–H and O–H groups in total. The van der Waals surface area contributed by atoms with Crippen LogP contribution in [-0.4, -0.2) is 81.2 Å². The zero-order valence-electron chi connectivity index (χ0n) is 20.3. The van der Waals surface area contributed by atoms with Crippen LogP contribution in [0.1, 0.15) is 24.0 Å². The van der Waals surface area contributed by atoms with E-state index in [2.05, 4.69) is 6.58 Å². The third-order valence-corrected chi connectivity index (χ3v) is 7.76. The minimum atomic E-state index is -2.89. The molecule has 4 aliphatic rings. The highest BCUT2D eigenvalue weighted by Crippen LogP contribution is 2.56. The molecular weight excluding hydrogens is 484 g/mol. The molecule has 2 saturated carbocycles. The highest BCUT2D eigenvalue weighted by atomic mass is 17.2. The number of hydrogen-bond donors (Lipinski definition) is 5. The molecule has 0 unspecified atom stereocenters. The van der Waals surface area contributed by atoms with Crippen molar-refractivity contribution in [3.63, 3.8) is 0 Å². The number of phenolic OH excluding ortho intramolecular Hbond substituents is 1. The Morgan fingerprint density at radius 2 is 1.89 bits per heavy atom. The summed E-state index contributed by atoms with van der Waals surface area (Å²) < 4.78 is 0. The van der Waals surface area contributed by atoms with Crippen molar-refractivity contribution in [3.8, 4) is 5.75 Å². The van der Waals surface area contributed by atoms with Crippen molar-refractivity contribution >= 4 is 28.8 Å². The van der Waals surface area contributed by atoms with E-state index in [9.17, 15) is 34.8 Å². The third kappa shape index (κ3) is 3.46. The van der Waals surface area contributed by atoms with Gasteiger partial charge in [-0.15, -0.1) is 0 Å². The summed E-state index contributed by atoms with van der Waals surface area (Å²) in [6, 6.07) is 3.10. The summed E-state index contributed by atoms with van der Waals surface area (Å²) in [5.74, 6) is -7.94. The third-order valence-electron chi connectivity index (χ3n) is 7.76. The molecule has 11 heteroatoms. The Balaban J connectivity index is 1.78. The molecule has 196 valence electrons. The molecule has 5 atom stereocenters. The topological polar surface area (TPSA) is 180 Å². The van der Waals surface area contributed by atoms with Crippen LogP contribution in [-0.2, 0) is 24.2 Å². The van der Waals surface area contributed by atoms with Gasteiger partial charge in [-0.1, -0.05) is 18.7 Å². The molecule has 0 saturated heterocycles. The smallest absolute Gasteiger partial charge is 0.255 e. The summed E-state index contributed by atoms with van der Waals surface area (Å²) in [6.07, 6.45) is 0.562. The first-order chi connectivity index (χ1) is 17.4. The second kappa shape index (κ2) is 8.52. The number of carbonyl (C=O) groups is 3. The highest BCUT2D eigenvalue weighted by molar-refractivity contribution is 6.25. The van der Waals surface area contributed by atoms with Crippen molar-refractivity contribution in [2.24, 2.45) is 23.5 Å². The Morgan fingerprint density at radius 3 is 2.49 bits per heavy atom. The molecule has 1 aromatic rings. The zero-order chi connectivity index (χ0) is 27.0. The number of Topliss-reactive ketones (excluding diaryl/α,β-unsaturated/α-hetero) is 2. The molecule has 0 aliphatic heterocycles. The zero-order valence-corrected chi connectivity index (χ0v) is 20.3. The SMILES string of the molecule is C=C1c2cccc(O)c2C(O)=C2C(=O)[C@@]3(O)C(O)=C(C(N)=O)C(=O)[C@H](N(C)C)[C@H]3[C@H](OOCC3CC3)[C@@H]12. The van der Waals surface area contributed by atoms with Gasteiger partial charge in [-0.25, -0.2) is 9.78 Å². The molecule has 5 rings (SSSR count). The Labute approximate surface area is 212 Å². The predicted molar refractivity (Wildman–Crippen MR) is 129 cm³/mol. The molecule has 0 aromatic heterocycles. The standard InChI is InChI=1S/C26H28N2O9/c1-10-12-5-4-6-13(29)15(12)20(30)16-14(10)22(37-36-9-11-7-8-11)18-19(28(2)3)21(31)17(25(27)34)24(33)26(18,35)23(16)32/h4-6,11,14,18-19,22,29-30,33,35H,1,7-9H2,2-3H3,(H2,27,34)/t14-,18-,19+,22+,26+/m0/s1. The minimum Gasteiger partial charge on any atom is -0.508 e. The molecule has 1 amide bonds. The maximum Gasteiger partial charge on any atom is 0.255 e. The number of hydrogen-bond acceptors (Lipinski definition) is 10. The summed E-state index contributed by atoms with van der Waals surface area (Å²) in [6.45, 7) is 4.31. The average molecular weight is 513 g/mol. The number of fused-ring (bicyclic) bond motifs is 3. The van der Waals surface area contributed by atoms with Gasteiger partial charge in [0.25, 0.3) is 5.91 Å². The number of nitrogens with two attached hydrogens (primary N) is 1. The van der Waals surface area contributed by atoms with Crippen LogP contribution in [0, 0.1) is 17.8 Å². The van der Waals surface area contributed by atoms with Crippen LogP contribution in [0.5, 0.6) is 5.75 Å². The van der Waals surface area contributed by atoms with E-state index in [1.165, 1.54) is 25.1 Å². The van der Waals surface area contributed by atoms with Crippen molar-refractivity contribution < 1.29 is 44.6 Å². The summed E-state index contributed by atoms with van der Waals surface area (Å²) in [4.78, 5) is 52.3. The van der Waals surface area contributed by atoms with Crippen molar-refractivity contribution in [2.45, 2.75) is 30.6 Å². The Morgan fingerprint density at radius 1 is 1.22 bits per heavy atom. The number of carbonyl (C=O) groups excluding carboxylic acids is 3. The predicted octanol–water partition coefficient (Wildman–Crippen LogP) is 0.771. The fraction of sp³-hybridized carbons (Fsp3) is 0.423. The fourth-order valence-electron chi connectivity index (χ4n) is 5.79. The first-order valence-electron chi connectivity index (χ1n) is 11.9. The first kappa shape index (κ1) is 25.2. The lowest BCUT2D eigenvalue weighted by Gasteiger charge is -2.53. The van der Waals surface area contributed by atoms with Crippen LogP contribution in [0.4, 0.5) is 0 Å². The van der Waals surface area contributed by atoms with E-state index < -0.39 is 69.7 Å². The number of amides is 1. The van der Waals surface area contributed by atoms with Crippen LogP contribution in [0.3, 0.4) is 0 Å². The lowest BCUT2D eigenvalue weighted by Crippen LogP contribution is -2.70. The van der Waals surface area contributed by atoms with Gasteiger partial charge in [0, 0.05) is 5.92 Å². The van der Waals surface area contributed by atoms with Crippen molar-refractivity contribution in [1.29, 1.82) is 0 Å². The number of primary amides is 1. The van der Waals surface area contributed by atoms with E-state index in [0.717, 1.165) is 12.8 Å². The van der Waals surface area contributed by atoms with Crippen LogP contribution in [0.15, 0.2) is 41.7 Å². The van der Waals surface area contributed by atoms with Crippen molar-refractivity contribution in [3.05, 3.63) is 52.8 Å². The van der Waals surface area contributed by atoms with Gasteiger partial charge in [0.15, 0.2) is 11.4 Å². The summed E-state index contributed by atoms with van der Waals surface area (Å²) >= 11 is 0. The average Bonchev–Trinajstić information content (AvgIpc) is 3.64. The quantitative estimate of drug-likeness (QED) is 0.208. The van der Waals surface area contributed by atoms with Gasteiger partial charge in [0.1, 0.15) is 28.9 Å². The van der Waals surface area contributed by atoms with Gasteiger partial charge in [-0.3, -0.25) is 19.3 Å². The molecule has 0 spiro atoms. The molecule has 2 fully saturated rings. The number of nitrogens with zero attached hydrogens (tertiary/aromatic N) is 1. The number of ketones is 2. The maximum absolute atomic E-state index is 14.0. The molecule has 11 nitrogen and oxygen atoms in total. The van der Waals surface area contributed by atoms with E-state index in [1.807, 2.05) is 0 Å². The highest BCUT2D eigenvalue weighted by Gasteiger charge is 2.69. The normalized spacial score (nSPS) is 31.4. The van der Waals surface area contributed by atoms with Gasteiger partial charge in [-0.05, 0) is 50.1 Å². The largest absolute Gasteiger partial charge is 0.508 e. The Kier molecular flexibility index (Phi) is 5.79. The van der Waals surface area contributed by atoms with Gasteiger partial charge in [0.05, 0.1) is 29.7 Å². The van der Waals surface area contributed by atoms with Gasteiger partial charge in [0.2, 0.25) is 5.78 Å². The van der Waals surface area contributed by atoms with Crippen LogP contribution < -0.4 is 5.73 Å².